The van der Waals surface area contributed by atoms with Crippen LogP contribution in [0.15, 0.2) is 0 Å². The zero-order valence-electron chi connectivity index (χ0n) is 25.6. The fourth-order valence-electron chi connectivity index (χ4n) is 1.75. The molecule has 0 aromatic rings. The number of rotatable bonds is 6. The maximum Gasteiger partial charge on any atom is 0.519 e. The number of carbonyl (C=O) groups excluding carboxylic acids is 3. The van der Waals surface area contributed by atoms with Gasteiger partial charge in [0.25, 0.3) is 0 Å². The van der Waals surface area contributed by atoms with E-state index < -0.39 is 29.1 Å². The van der Waals surface area contributed by atoms with Crippen molar-refractivity contribution in [3.8, 4) is 0 Å². The molecule has 0 aliphatic carbocycles. The monoisotopic (exact) mass is 609 g/mol. The van der Waals surface area contributed by atoms with Gasteiger partial charge in [-0.3, -0.25) is 0 Å². The van der Waals surface area contributed by atoms with Gasteiger partial charge in [-0.25, -0.2) is 14.4 Å². The highest BCUT2D eigenvalue weighted by Crippen LogP contribution is 2.11. The molecule has 3 N–H and O–H groups in total. The zero-order chi connectivity index (χ0) is 30.3. The van der Waals surface area contributed by atoms with Gasteiger partial charge in [-0.2, -0.15) is 25.3 Å². The predicted octanol–water partition coefficient (Wildman–Crippen LogP) is 5.96. The number of halogens is 1. The van der Waals surface area contributed by atoms with Crippen molar-refractivity contribution in [2.75, 3.05) is 44.2 Å². The van der Waals surface area contributed by atoms with Crippen LogP contribution in [-0.4, -0.2) is 84.3 Å². The molecule has 0 saturated carbocycles. The lowest BCUT2D eigenvalue weighted by Gasteiger charge is -2.20. The first-order valence-electron chi connectivity index (χ1n) is 12.5. The van der Waals surface area contributed by atoms with Crippen molar-refractivity contribution in [3.63, 3.8) is 0 Å². The average molecular weight is 610 g/mol. The maximum atomic E-state index is 11.0. The fourth-order valence-corrected chi connectivity index (χ4v) is 1.86. The van der Waals surface area contributed by atoms with Crippen molar-refractivity contribution in [1.82, 2.24) is 10.2 Å². The van der Waals surface area contributed by atoms with Gasteiger partial charge in [-0.05, 0) is 81.9 Å². The molecule has 1 amide bonds. The van der Waals surface area contributed by atoms with Crippen molar-refractivity contribution in [1.29, 1.82) is 0 Å². The third kappa shape index (κ3) is 48.0. The van der Waals surface area contributed by atoms with E-state index in [1.807, 2.05) is 20.8 Å². The number of nitrogens with zero attached hydrogens (tertiary/aromatic N) is 1. The number of ether oxygens (including phenoxy) is 4. The summed E-state index contributed by atoms with van der Waals surface area (Å²) in [5, 5.41) is 2.55. The molecule has 0 bridgehead atoms. The largest absolute Gasteiger partial charge is 0.519 e. The van der Waals surface area contributed by atoms with E-state index in [9.17, 15) is 14.4 Å². The van der Waals surface area contributed by atoms with Crippen molar-refractivity contribution in [2.24, 2.45) is 5.73 Å². The Balaban J connectivity index is -0.000000139. The summed E-state index contributed by atoms with van der Waals surface area (Å²) in [4.78, 5) is 35.2. The van der Waals surface area contributed by atoms with E-state index in [-0.39, 0.29) is 18.5 Å². The zero-order valence-corrected chi connectivity index (χ0v) is 28.2. The minimum atomic E-state index is -1.06. The Bertz CT molecular complexity index is 557. The van der Waals surface area contributed by atoms with Crippen LogP contribution >= 0.6 is 37.7 Å². The van der Waals surface area contributed by atoms with Crippen molar-refractivity contribution in [2.45, 2.75) is 99.9 Å². The van der Waals surface area contributed by atoms with Crippen LogP contribution in [-0.2, 0) is 18.9 Å². The summed E-state index contributed by atoms with van der Waals surface area (Å²) in [6.45, 7) is 26.8. The number of hydrogen-bond donors (Lipinski definition) is 4. The summed E-state index contributed by atoms with van der Waals surface area (Å²) in [6, 6.07) is 0. The Kier molecular flexibility index (Phi) is 32.2. The van der Waals surface area contributed by atoms with Gasteiger partial charge in [0.05, 0.1) is 0 Å². The van der Waals surface area contributed by atoms with E-state index in [0.717, 1.165) is 5.75 Å². The van der Waals surface area contributed by atoms with Crippen LogP contribution in [0.25, 0.3) is 0 Å². The molecular weight excluding hydrogens is 554 g/mol. The molecule has 0 aliphatic heterocycles. The van der Waals surface area contributed by atoms with Crippen molar-refractivity contribution < 1.29 is 33.3 Å². The quantitative estimate of drug-likeness (QED) is 0.125. The molecule has 13 heteroatoms. The van der Waals surface area contributed by atoms with Gasteiger partial charge < -0.3 is 34.9 Å². The smallest absolute Gasteiger partial charge is 0.444 e. The standard InChI is InChI=1S/C10H18O5.C7H15NO2S.C6H15N.C2H7NS.ClH/c1-9(2,3)14-7(11)13-8(12)15-10(4,5)6;1-7(2,3)10-6(9)8-4-5-11;1-4-7(5-2)6-3;3-1-2-4;/h1-6H3;11H,4-5H2,1-3H3,(H,8,9);4-6H2,1-3H3;4H,1-3H2;1H. The van der Waals surface area contributed by atoms with Crippen LogP contribution in [0.5, 0.6) is 0 Å². The Morgan fingerprint density at radius 2 is 1.03 bits per heavy atom. The number of hydrogen-bond acceptors (Lipinski definition) is 11. The van der Waals surface area contributed by atoms with Crippen LogP contribution in [0.2, 0.25) is 0 Å². The van der Waals surface area contributed by atoms with E-state index in [1.54, 1.807) is 41.5 Å². The molecule has 0 radical (unpaired) electrons. The van der Waals surface area contributed by atoms with Gasteiger partial charge in [-0.1, -0.05) is 20.8 Å². The lowest BCUT2D eigenvalue weighted by atomic mass is 10.2. The third-order valence-corrected chi connectivity index (χ3v) is 3.68. The second-order valence-electron chi connectivity index (χ2n) is 10.3. The lowest BCUT2D eigenvalue weighted by molar-refractivity contribution is -0.0294. The second kappa shape index (κ2) is 26.2. The van der Waals surface area contributed by atoms with Gasteiger partial charge in [-0.15, -0.1) is 12.4 Å². The Morgan fingerprint density at radius 3 is 1.21 bits per heavy atom. The summed E-state index contributed by atoms with van der Waals surface area (Å²) >= 11 is 7.73. The van der Waals surface area contributed by atoms with Gasteiger partial charge in [0.1, 0.15) is 16.8 Å². The number of nitrogens with one attached hydrogen (secondary N) is 1. The molecule has 0 aliphatic rings. The number of amides is 1. The molecule has 10 nitrogen and oxygen atoms in total. The summed E-state index contributed by atoms with van der Waals surface area (Å²) in [5.41, 5.74) is 3.14. The molecule has 0 spiro atoms. The number of nitrogens with two attached hydrogens (primary N) is 1. The molecular formula is C25H56ClN3O7S2. The Hall–Kier alpha value is -1.08. The predicted molar refractivity (Wildman–Crippen MR) is 165 cm³/mol. The van der Waals surface area contributed by atoms with Crippen LogP contribution in [0.1, 0.15) is 83.1 Å². The number of thiol groups is 2. The van der Waals surface area contributed by atoms with E-state index >= 15 is 0 Å². The molecule has 0 rings (SSSR count). The highest BCUT2D eigenvalue weighted by atomic mass is 35.5. The van der Waals surface area contributed by atoms with Gasteiger partial charge in [0.2, 0.25) is 0 Å². The highest BCUT2D eigenvalue weighted by molar-refractivity contribution is 7.80. The number of alkyl carbamates (subject to hydrolysis) is 1. The molecule has 232 valence electrons. The highest BCUT2D eigenvalue weighted by Gasteiger charge is 2.24. The first-order chi connectivity index (χ1) is 16.7. The first-order valence-corrected chi connectivity index (χ1v) is 13.7. The molecule has 0 aromatic heterocycles. The van der Waals surface area contributed by atoms with Crippen molar-refractivity contribution in [3.05, 3.63) is 0 Å². The molecule has 0 unspecified atom stereocenters. The van der Waals surface area contributed by atoms with E-state index in [0.29, 0.717) is 18.8 Å². The summed E-state index contributed by atoms with van der Waals surface area (Å²) in [7, 11) is 0. The molecule has 0 fully saturated rings. The van der Waals surface area contributed by atoms with Crippen LogP contribution in [0.4, 0.5) is 14.4 Å². The molecule has 0 saturated heterocycles. The molecule has 0 heterocycles. The first kappa shape index (κ1) is 46.8. The minimum Gasteiger partial charge on any atom is -0.444 e. The molecule has 38 heavy (non-hydrogen) atoms. The summed E-state index contributed by atoms with van der Waals surface area (Å²) < 4.78 is 18.8. The second-order valence-corrected chi connectivity index (χ2v) is 11.2. The van der Waals surface area contributed by atoms with Crippen LogP contribution in [0, 0.1) is 0 Å². The number of carbonyl (C=O) groups is 3. The third-order valence-electron chi connectivity index (χ3n) is 3.20. The van der Waals surface area contributed by atoms with E-state index in [1.165, 1.54) is 19.6 Å². The van der Waals surface area contributed by atoms with Gasteiger partial charge >= 0.3 is 18.4 Å². The Labute approximate surface area is 249 Å². The van der Waals surface area contributed by atoms with Gasteiger partial charge in [0, 0.05) is 24.6 Å². The SMILES string of the molecule is CC(C)(C)OC(=O)NCCS.CC(C)(C)OC(=O)OC(=O)OC(C)(C)C.CCN(CC)CC.Cl.NCCS. The van der Waals surface area contributed by atoms with Crippen LogP contribution in [0.3, 0.4) is 0 Å². The molecule has 0 aromatic carbocycles. The summed E-state index contributed by atoms with van der Waals surface area (Å²) in [5.74, 6) is 1.42. The molecule has 0 atom stereocenters. The minimum absolute atomic E-state index is 0. The Morgan fingerprint density at radius 1 is 0.711 bits per heavy atom. The van der Waals surface area contributed by atoms with E-state index in [4.69, 9.17) is 19.9 Å². The summed E-state index contributed by atoms with van der Waals surface area (Å²) in [6.07, 6.45) is -2.50. The topological polar surface area (TPSA) is 129 Å². The fraction of sp³-hybridized carbons (Fsp3) is 0.880. The van der Waals surface area contributed by atoms with Crippen molar-refractivity contribution >= 4 is 56.1 Å². The van der Waals surface area contributed by atoms with Crippen LogP contribution < -0.4 is 11.1 Å². The average Bonchev–Trinajstić information content (AvgIpc) is 2.70. The maximum absolute atomic E-state index is 11.0. The van der Waals surface area contributed by atoms with Gasteiger partial charge in [0.15, 0.2) is 0 Å². The van der Waals surface area contributed by atoms with E-state index in [2.05, 4.69) is 61.0 Å². The lowest BCUT2D eigenvalue weighted by Crippen LogP contribution is -2.33. The normalized spacial score (nSPS) is 10.5.